The van der Waals surface area contributed by atoms with Gasteiger partial charge in [-0.3, -0.25) is 4.79 Å². The summed E-state index contributed by atoms with van der Waals surface area (Å²) in [4.78, 5) is 15.0. The first-order valence-corrected chi connectivity index (χ1v) is 11.6. The number of likely N-dealkylation sites (tertiary alicyclic amines) is 1. The molecule has 0 saturated carbocycles. The molecule has 2 aliphatic rings. The zero-order valence-corrected chi connectivity index (χ0v) is 17.1. The van der Waals surface area contributed by atoms with Crippen LogP contribution in [0.5, 0.6) is 5.75 Å². The molecule has 1 N–H and O–H groups in total. The quantitative estimate of drug-likeness (QED) is 0.822. The number of sulfone groups is 1. The molecule has 0 bridgehead atoms. The van der Waals surface area contributed by atoms with Gasteiger partial charge in [0, 0.05) is 19.3 Å². The van der Waals surface area contributed by atoms with Crippen molar-refractivity contribution >= 4 is 15.7 Å². The van der Waals surface area contributed by atoms with Crippen LogP contribution < -0.4 is 10.1 Å². The molecule has 7 heteroatoms. The van der Waals surface area contributed by atoms with E-state index < -0.39 is 14.6 Å². The number of hydrogen-bond donors (Lipinski definition) is 1. The summed E-state index contributed by atoms with van der Waals surface area (Å²) in [6, 6.07) is 8.12. The number of carbonyl (C=O) groups is 1. The molecule has 0 spiro atoms. The smallest absolute Gasteiger partial charge is 0.244 e. The summed E-state index contributed by atoms with van der Waals surface area (Å²) in [6.45, 7) is 2.44. The Morgan fingerprint density at radius 1 is 1.19 bits per heavy atom. The van der Waals surface area contributed by atoms with Gasteiger partial charge in [0.25, 0.3) is 0 Å². The minimum absolute atomic E-state index is 0.186. The maximum absolute atomic E-state index is 13.2. The van der Waals surface area contributed by atoms with E-state index in [0.717, 1.165) is 25.0 Å². The van der Waals surface area contributed by atoms with Crippen molar-refractivity contribution in [2.45, 2.75) is 36.9 Å². The molecule has 0 aromatic heterocycles. The van der Waals surface area contributed by atoms with E-state index in [1.807, 2.05) is 12.1 Å². The van der Waals surface area contributed by atoms with Crippen LogP contribution in [0.15, 0.2) is 24.3 Å². The molecule has 2 fully saturated rings. The first-order chi connectivity index (χ1) is 12.9. The van der Waals surface area contributed by atoms with Crippen LogP contribution >= 0.6 is 0 Å². The maximum atomic E-state index is 13.2. The Balaban J connectivity index is 1.61. The predicted octanol–water partition coefficient (Wildman–Crippen LogP) is 1.64. The largest absolute Gasteiger partial charge is 0.497 e. The molecular weight excluding hydrogens is 364 g/mol. The first kappa shape index (κ1) is 20.1. The van der Waals surface area contributed by atoms with E-state index in [9.17, 15) is 13.2 Å². The highest BCUT2D eigenvalue weighted by molar-refractivity contribution is 7.92. The summed E-state index contributed by atoms with van der Waals surface area (Å²) in [5.41, 5.74) is 1.27. The molecule has 1 aromatic carbocycles. The summed E-state index contributed by atoms with van der Waals surface area (Å²) < 4.78 is 28.9. The lowest BCUT2D eigenvalue weighted by Gasteiger charge is -2.41. The van der Waals surface area contributed by atoms with E-state index in [0.29, 0.717) is 44.9 Å². The van der Waals surface area contributed by atoms with E-state index in [-0.39, 0.29) is 5.91 Å². The second-order valence-electron chi connectivity index (χ2n) is 7.80. The molecule has 2 heterocycles. The van der Waals surface area contributed by atoms with E-state index in [4.69, 9.17) is 4.74 Å². The monoisotopic (exact) mass is 394 g/mol. The molecule has 0 unspecified atom stereocenters. The van der Waals surface area contributed by atoms with Gasteiger partial charge in [-0.2, -0.15) is 0 Å². The highest BCUT2D eigenvalue weighted by Crippen LogP contribution is 2.32. The number of piperidine rings is 2. The minimum Gasteiger partial charge on any atom is -0.497 e. The number of rotatable bonds is 5. The highest BCUT2D eigenvalue weighted by atomic mass is 32.2. The topological polar surface area (TPSA) is 75.7 Å². The average molecular weight is 395 g/mol. The molecule has 1 amide bonds. The summed E-state index contributed by atoms with van der Waals surface area (Å²) in [7, 11) is -1.79. The number of amides is 1. The van der Waals surface area contributed by atoms with Crippen molar-refractivity contribution in [1.82, 2.24) is 10.2 Å². The van der Waals surface area contributed by atoms with Gasteiger partial charge in [-0.15, -0.1) is 0 Å². The van der Waals surface area contributed by atoms with E-state index in [1.54, 1.807) is 12.0 Å². The minimum atomic E-state index is -3.45. The third-order valence-electron chi connectivity index (χ3n) is 6.10. The van der Waals surface area contributed by atoms with Crippen LogP contribution in [0.2, 0.25) is 0 Å². The number of methoxy groups -OCH3 is 1. The SMILES string of the molecule is COc1ccc(CC2CCN(C(=O)C3(S(C)(=O)=O)CCNCC3)CC2)cc1. The lowest BCUT2D eigenvalue weighted by molar-refractivity contribution is -0.136. The fourth-order valence-electron chi connectivity index (χ4n) is 4.30. The third kappa shape index (κ3) is 4.29. The Labute approximate surface area is 162 Å². The van der Waals surface area contributed by atoms with E-state index >= 15 is 0 Å². The maximum Gasteiger partial charge on any atom is 0.244 e. The zero-order valence-electron chi connectivity index (χ0n) is 16.2. The van der Waals surface area contributed by atoms with Gasteiger partial charge in [0.05, 0.1) is 7.11 Å². The highest BCUT2D eigenvalue weighted by Gasteiger charge is 2.50. The molecular formula is C20H30N2O4S. The molecule has 6 nitrogen and oxygen atoms in total. The van der Waals surface area contributed by atoms with Crippen molar-refractivity contribution in [1.29, 1.82) is 0 Å². The van der Waals surface area contributed by atoms with Gasteiger partial charge in [0.2, 0.25) is 5.91 Å². The molecule has 0 aliphatic carbocycles. The number of ether oxygens (including phenoxy) is 1. The molecule has 0 radical (unpaired) electrons. The van der Waals surface area contributed by atoms with Gasteiger partial charge in [-0.25, -0.2) is 8.42 Å². The van der Waals surface area contributed by atoms with Gasteiger partial charge >= 0.3 is 0 Å². The van der Waals surface area contributed by atoms with Crippen molar-refractivity contribution in [3.63, 3.8) is 0 Å². The Morgan fingerprint density at radius 2 is 1.78 bits per heavy atom. The summed E-state index contributed by atoms with van der Waals surface area (Å²) in [5.74, 6) is 1.19. The van der Waals surface area contributed by atoms with Gasteiger partial charge in [-0.05, 0) is 68.8 Å². The fraction of sp³-hybridized carbons (Fsp3) is 0.650. The van der Waals surface area contributed by atoms with Crippen LogP contribution in [-0.2, 0) is 21.1 Å². The molecule has 3 rings (SSSR count). The zero-order chi connectivity index (χ0) is 19.5. The van der Waals surface area contributed by atoms with Crippen molar-refractivity contribution < 1.29 is 17.9 Å². The second kappa shape index (κ2) is 8.19. The Hall–Kier alpha value is -1.60. The van der Waals surface area contributed by atoms with Gasteiger partial charge in [0.1, 0.15) is 5.75 Å². The standard InChI is InChI=1S/C20H30N2O4S/c1-26-18-5-3-16(4-6-18)15-17-7-13-22(14-8-17)19(23)20(27(2,24)25)9-11-21-12-10-20/h3-6,17,21H,7-15H2,1-2H3. The second-order valence-corrected chi connectivity index (χ2v) is 10.1. The predicted molar refractivity (Wildman–Crippen MR) is 106 cm³/mol. The Morgan fingerprint density at radius 3 is 2.30 bits per heavy atom. The van der Waals surface area contributed by atoms with Gasteiger partial charge in [-0.1, -0.05) is 12.1 Å². The Bertz CT molecular complexity index is 747. The summed E-state index contributed by atoms with van der Waals surface area (Å²) in [5, 5.41) is 3.17. The number of nitrogens with one attached hydrogen (secondary N) is 1. The normalized spacial score (nSPS) is 21.0. The van der Waals surface area contributed by atoms with Crippen LogP contribution in [0.25, 0.3) is 0 Å². The molecule has 2 aliphatic heterocycles. The van der Waals surface area contributed by atoms with E-state index in [1.165, 1.54) is 11.8 Å². The van der Waals surface area contributed by atoms with Crippen molar-refractivity contribution in [2.75, 3.05) is 39.5 Å². The molecule has 0 atom stereocenters. The number of carbonyl (C=O) groups excluding carboxylic acids is 1. The van der Waals surface area contributed by atoms with Crippen LogP contribution in [0, 0.1) is 5.92 Å². The van der Waals surface area contributed by atoms with Crippen molar-refractivity contribution in [2.24, 2.45) is 5.92 Å². The van der Waals surface area contributed by atoms with Crippen LogP contribution in [0.3, 0.4) is 0 Å². The van der Waals surface area contributed by atoms with Gasteiger partial charge < -0.3 is 15.0 Å². The van der Waals surface area contributed by atoms with Gasteiger partial charge in [0.15, 0.2) is 14.6 Å². The fourth-order valence-corrected chi connectivity index (χ4v) is 5.69. The molecule has 150 valence electrons. The summed E-state index contributed by atoms with van der Waals surface area (Å²) in [6.07, 6.45) is 4.76. The van der Waals surface area contributed by atoms with Crippen molar-refractivity contribution in [3.8, 4) is 5.75 Å². The molecule has 1 aromatic rings. The third-order valence-corrected chi connectivity index (χ3v) is 8.10. The van der Waals surface area contributed by atoms with Crippen molar-refractivity contribution in [3.05, 3.63) is 29.8 Å². The van der Waals surface area contributed by atoms with E-state index in [2.05, 4.69) is 17.4 Å². The number of nitrogens with zero attached hydrogens (tertiary/aromatic N) is 1. The molecule has 27 heavy (non-hydrogen) atoms. The van der Waals surface area contributed by atoms with Crippen LogP contribution in [-0.4, -0.2) is 63.5 Å². The lowest BCUT2D eigenvalue weighted by Crippen LogP contribution is -2.59. The lowest BCUT2D eigenvalue weighted by atomic mass is 9.88. The molecule has 2 saturated heterocycles. The summed E-state index contributed by atoms with van der Waals surface area (Å²) >= 11 is 0. The van der Waals surface area contributed by atoms with Crippen LogP contribution in [0.4, 0.5) is 0 Å². The Kier molecular flexibility index (Phi) is 6.11. The number of benzene rings is 1. The first-order valence-electron chi connectivity index (χ1n) is 9.68. The van der Waals surface area contributed by atoms with Crippen LogP contribution in [0.1, 0.15) is 31.2 Å². The average Bonchev–Trinajstić information content (AvgIpc) is 2.68. The number of hydrogen-bond acceptors (Lipinski definition) is 5.